The molecule has 0 aliphatic carbocycles. The smallest absolute Gasteiger partial charge is 0.224 e. The summed E-state index contributed by atoms with van der Waals surface area (Å²) in [7, 11) is 3.73. The molecule has 0 atom stereocenters. The zero-order valence-corrected chi connectivity index (χ0v) is 15.8. The monoisotopic (exact) mass is 356 g/mol. The summed E-state index contributed by atoms with van der Waals surface area (Å²) in [4.78, 5) is 18.6. The lowest BCUT2D eigenvalue weighted by Crippen LogP contribution is -2.39. The van der Waals surface area contributed by atoms with Gasteiger partial charge in [-0.05, 0) is 18.6 Å². The number of hydrogen-bond donors (Lipinski definition) is 2. The van der Waals surface area contributed by atoms with Crippen LogP contribution in [0.1, 0.15) is 24.6 Å². The van der Waals surface area contributed by atoms with Crippen molar-refractivity contribution < 1.29 is 4.79 Å². The standard InChI is InChI=1S/C19H28N6O/c1-4-20-19(22-14-17-10-13-23-25(17)3)21-12-11-18(26)24(2)15-16-8-6-5-7-9-16/h5-10,13H,4,11-12,14-15H2,1-3H3,(H2,20,21,22). The molecule has 0 aliphatic heterocycles. The lowest BCUT2D eigenvalue weighted by atomic mass is 10.2. The Balaban J connectivity index is 1.79. The van der Waals surface area contributed by atoms with Gasteiger partial charge in [-0.2, -0.15) is 5.10 Å². The van der Waals surface area contributed by atoms with Crippen LogP contribution >= 0.6 is 0 Å². The molecule has 1 aromatic carbocycles. The van der Waals surface area contributed by atoms with Crippen LogP contribution in [0.5, 0.6) is 0 Å². The number of carbonyl (C=O) groups excluding carboxylic acids is 1. The average Bonchev–Trinajstić information content (AvgIpc) is 3.05. The molecule has 1 aromatic heterocycles. The molecule has 1 heterocycles. The number of carbonyl (C=O) groups is 1. The lowest BCUT2D eigenvalue weighted by molar-refractivity contribution is -0.130. The number of benzene rings is 1. The molecule has 7 heteroatoms. The van der Waals surface area contributed by atoms with Crippen molar-refractivity contribution in [2.24, 2.45) is 12.0 Å². The average molecular weight is 356 g/mol. The summed E-state index contributed by atoms with van der Waals surface area (Å²) in [5.74, 6) is 0.802. The van der Waals surface area contributed by atoms with Gasteiger partial charge < -0.3 is 15.5 Å². The summed E-state index contributed by atoms with van der Waals surface area (Å²) in [6.45, 7) is 4.47. The van der Waals surface area contributed by atoms with Gasteiger partial charge in [0, 0.05) is 46.3 Å². The van der Waals surface area contributed by atoms with E-state index in [1.807, 2.05) is 57.4 Å². The summed E-state index contributed by atoms with van der Waals surface area (Å²) >= 11 is 0. The lowest BCUT2D eigenvalue weighted by Gasteiger charge is -2.18. The molecule has 0 radical (unpaired) electrons. The molecule has 2 aromatic rings. The van der Waals surface area contributed by atoms with Crippen LogP contribution in [0, 0.1) is 0 Å². The van der Waals surface area contributed by atoms with E-state index >= 15 is 0 Å². The summed E-state index contributed by atoms with van der Waals surface area (Å²) in [5.41, 5.74) is 2.16. The second-order valence-electron chi connectivity index (χ2n) is 6.05. The second-order valence-corrected chi connectivity index (χ2v) is 6.05. The van der Waals surface area contributed by atoms with Crippen molar-refractivity contribution in [3.63, 3.8) is 0 Å². The fraction of sp³-hybridized carbons (Fsp3) is 0.421. The Hall–Kier alpha value is -2.83. The van der Waals surface area contributed by atoms with E-state index < -0.39 is 0 Å². The molecule has 2 rings (SSSR count). The highest BCUT2D eigenvalue weighted by molar-refractivity contribution is 5.81. The molecule has 2 N–H and O–H groups in total. The number of aryl methyl sites for hydroxylation is 1. The van der Waals surface area contributed by atoms with Crippen molar-refractivity contribution >= 4 is 11.9 Å². The Morgan fingerprint density at radius 2 is 2.00 bits per heavy atom. The normalized spacial score (nSPS) is 11.3. The molecule has 0 unspecified atom stereocenters. The van der Waals surface area contributed by atoms with Gasteiger partial charge in [-0.1, -0.05) is 30.3 Å². The molecule has 140 valence electrons. The summed E-state index contributed by atoms with van der Waals surface area (Å²) in [6, 6.07) is 11.9. The molecule has 0 bridgehead atoms. The molecule has 0 fully saturated rings. The first-order valence-electron chi connectivity index (χ1n) is 8.87. The Morgan fingerprint density at radius 1 is 1.23 bits per heavy atom. The summed E-state index contributed by atoms with van der Waals surface area (Å²) in [5, 5.41) is 10.5. The number of aromatic nitrogens is 2. The second kappa shape index (κ2) is 10.2. The molecule has 0 saturated carbocycles. The topological polar surface area (TPSA) is 74.5 Å². The number of nitrogens with one attached hydrogen (secondary N) is 2. The van der Waals surface area contributed by atoms with Crippen molar-refractivity contribution in [3.05, 3.63) is 53.9 Å². The van der Waals surface area contributed by atoms with E-state index in [0.29, 0.717) is 32.0 Å². The zero-order valence-electron chi connectivity index (χ0n) is 15.8. The van der Waals surface area contributed by atoms with Crippen LogP contribution in [0.25, 0.3) is 0 Å². The van der Waals surface area contributed by atoms with Crippen LogP contribution in [0.4, 0.5) is 0 Å². The van der Waals surface area contributed by atoms with Crippen molar-refractivity contribution in [2.75, 3.05) is 20.1 Å². The first-order valence-corrected chi connectivity index (χ1v) is 8.87. The van der Waals surface area contributed by atoms with Gasteiger partial charge in [-0.3, -0.25) is 9.48 Å². The Morgan fingerprint density at radius 3 is 2.65 bits per heavy atom. The first-order chi connectivity index (χ1) is 12.6. The minimum atomic E-state index is 0.101. The maximum Gasteiger partial charge on any atom is 0.224 e. The third-order valence-corrected chi connectivity index (χ3v) is 3.99. The Bertz CT molecular complexity index is 710. The molecule has 26 heavy (non-hydrogen) atoms. The molecule has 0 spiro atoms. The van der Waals surface area contributed by atoms with E-state index in [2.05, 4.69) is 20.7 Å². The van der Waals surface area contributed by atoms with Crippen molar-refractivity contribution in [1.29, 1.82) is 0 Å². The van der Waals surface area contributed by atoms with E-state index in [-0.39, 0.29) is 5.91 Å². The Labute approximate surface area is 155 Å². The van der Waals surface area contributed by atoms with E-state index in [0.717, 1.165) is 17.8 Å². The van der Waals surface area contributed by atoms with Crippen LogP contribution in [0.2, 0.25) is 0 Å². The minimum absolute atomic E-state index is 0.101. The number of guanidine groups is 1. The van der Waals surface area contributed by atoms with Gasteiger partial charge in [-0.15, -0.1) is 0 Å². The fourth-order valence-corrected chi connectivity index (χ4v) is 2.48. The molecule has 1 amide bonds. The van der Waals surface area contributed by atoms with Crippen molar-refractivity contribution in [1.82, 2.24) is 25.3 Å². The van der Waals surface area contributed by atoms with E-state index in [4.69, 9.17) is 0 Å². The Kier molecular flexibility index (Phi) is 7.67. The SMILES string of the molecule is CCNC(=NCc1ccnn1C)NCCC(=O)N(C)Cc1ccccc1. The number of nitrogens with zero attached hydrogens (tertiary/aromatic N) is 4. The van der Waals surface area contributed by atoms with Gasteiger partial charge in [0.15, 0.2) is 5.96 Å². The largest absolute Gasteiger partial charge is 0.357 e. The highest BCUT2D eigenvalue weighted by atomic mass is 16.2. The number of hydrogen-bond acceptors (Lipinski definition) is 3. The van der Waals surface area contributed by atoms with Gasteiger partial charge in [-0.25, -0.2) is 4.99 Å². The van der Waals surface area contributed by atoms with Gasteiger partial charge >= 0.3 is 0 Å². The minimum Gasteiger partial charge on any atom is -0.357 e. The maximum atomic E-state index is 12.3. The molecule has 0 aliphatic rings. The van der Waals surface area contributed by atoms with Crippen LogP contribution in [-0.2, 0) is 24.9 Å². The summed E-state index contributed by atoms with van der Waals surface area (Å²) in [6.07, 6.45) is 2.17. The number of rotatable bonds is 8. The van der Waals surface area contributed by atoms with Gasteiger partial charge in [0.05, 0.1) is 12.2 Å². The van der Waals surface area contributed by atoms with Crippen LogP contribution < -0.4 is 10.6 Å². The highest BCUT2D eigenvalue weighted by Gasteiger charge is 2.09. The first kappa shape index (κ1) is 19.5. The van der Waals surface area contributed by atoms with E-state index in [1.165, 1.54) is 0 Å². The van der Waals surface area contributed by atoms with Crippen LogP contribution in [0.3, 0.4) is 0 Å². The third kappa shape index (κ3) is 6.23. The van der Waals surface area contributed by atoms with E-state index in [1.54, 1.807) is 15.8 Å². The van der Waals surface area contributed by atoms with Gasteiger partial charge in [0.25, 0.3) is 0 Å². The number of amides is 1. The fourth-order valence-electron chi connectivity index (χ4n) is 2.48. The molecule has 7 nitrogen and oxygen atoms in total. The molecule has 0 saturated heterocycles. The predicted molar refractivity (Wildman–Crippen MR) is 104 cm³/mol. The number of aliphatic imine (C=N–C) groups is 1. The van der Waals surface area contributed by atoms with Gasteiger partial charge in [0.2, 0.25) is 5.91 Å². The van der Waals surface area contributed by atoms with Gasteiger partial charge in [0.1, 0.15) is 0 Å². The predicted octanol–water partition coefficient (Wildman–Crippen LogP) is 1.52. The van der Waals surface area contributed by atoms with Crippen molar-refractivity contribution in [2.45, 2.75) is 26.4 Å². The third-order valence-electron chi connectivity index (χ3n) is 3.99. The van der Waals surface area contributed by atoms with Crippen LogP contribution in [0.15, 0.2) is 47.6 Å². The molecular weight excluding hydrogens is 328 g/mol. The summed E-state index contributed by atoms with van der Waals surface area (Å²) < 4.78 is 1.80. The highest BCUT2D eigenvalue weighted by Crippen LogP contribution is 2.03. The van der Waals surface area contributed by atoms with E-state index in [9.17, 15) is 4.79 Å². The zero-order chi connectivity index (χ0) is 18.8. The maximum absolute atomic E-state index is 12.3. The molecular formula is C19H28N6O. The van der Waals surface area contributed by atoms with Crippen molar-refractivity contribution in [3.8, 4) is 0 Å². The van der Waals surface area contributed by atoms with Crippen LogP contribution in [-0.4, -0.2) is 46.7 Å². The quantitative estimate of drug-likeness (QED) is 0.556.